The first-order chi connectivity index (χ1) is 9.60. The summed E-state index contributed by atoms with van der Waals surface area (Å²) in [6.45, 7) is 2.92. The zero-order valence-corrected chi connectivity index (χ0v) is 14.7. The zero-order valence-electron chi connectivity index (χ0n) is 11.5. The van der Waals surface area contributed by atoms with Crippen molar-refractivity contribution in [2.75, 3.05) is 20.8 Å². The summed E-state index contributed by atoms with van der Waals surface area (Å²) >= 11 is 10.6. The number of halogens is 1. The molecule has 5 nitrogen and oxygen atoms in total. The molecule has 8 heteroatoms. The van der Waals surface area contributed by atoms with Crippen molar-refractivity contribution in [2.45, 2.75) is 19.8 Å². The molecular formula is C12H17BrN4OS2. The van der Waals surface area contributed by atoms with Gasteiger partial charge in [-0.05, 0) is 47.3 Å². The minimum atomic E-state index is 0.638. The van der Waals surface area contributed by atoms with Gasteiger partial charge in [-0.2, -0.15) is 5.10 Å². The van der Waals surface area contributed by atoms with Crippen LogP contribution in [0.15, 0.2) is 22.2 Å². The molecule has 0 aromatic carbocycles. The normalized spacial score (nSPS) is 11.4. The monoisotopic (exact) mass is 376 g/mol. The molecule has 0 saturated carbocycles. The third-order valence-electron chi connectivity index (χ3n) is 2.76. The molecule has 20 heavy (non-hydrogen) atoms. The maximum atomic E-state index is 5.40. The molecule has 0 spiro atoms. The molecule has 0 aliphatic heterocycles. The van der Waals surface area contributed by atoms with Gasteiger partial charge in [0.05, 0.1) is 17.1 Å². The predicted octanol–water partition coefficient (Wildman–Crippen LogP) is 2.97. The number of aromatic nitrogens is 3. The summed E-state index contributed by atoms with van der Waals surface area (Å²) in [5.74, 6) is 0. The van der Waals surface area contributed by atoms with E-state index < -0.39 is 0 Å². The van der Waals surface area contributed by atoms with Gasteiger partial charge in [-0.25, -0.2) is 4.68 Å². The van der Waals surface area contributed by atoms with Gasteiger partial charge in [0, 0.05) is 25.1 Å². The number of ether oxygens (including phenoxy) is 1. The van der Waals surface area contributed by atoms with E-state index in [1.807, 2.05) is 9.25 Å². The third kappa shape index (κ3) is 4.23. The van der Waals surface area contributed by atoms with Gasteiger partial charge >= 0.3 is 0 Å². The Morgan fingerprint density at radius 3 is 2.95 bits per heavy atom. The lowest BCUT2D eigenvalue weighted by atomic mass is 10.4. The minimum Gasteiger partial charge on any atom is -0.383 e. The summed E-state index contributed by atoms with van der Waals surface area (Å²) in [5.41, 5.74) is 0. The highest BCUT2D eigenvalue weighted by Gasteiger charge is 2.07. The molecule has 0 N–H and O–H groups in total. The molecule has 0 aliphatic carbocycles. The SMILES string of the molecule is COCCn1cnn(CN(C)Cc2ccc(Br)s2)c1=S. The second kappa shape index (κ2) is 7.46. The zero-order chi connectivity index (χ0) is 14.5. The van der Waals surface area contributed by atoms with Crippen LogP contribution in [0.1, 0.15) is 4.88 Å². The Morgan fingerprint density at radius 1 is 1.50 bits per heavy atom. The summed E-state index contributed by atoms with van der Waals surface area (Å²) in [6.07, 6.45) is 1.76. The van der Waals surface area contributed by atoms with Crippen molar-refractivity contribution in [3.63, 3.8) is 0 Å². The van der Waals surface area contributed by atoms with Crippen molar-refractivity contribution in [1.82, 2.24) is 19.2 Å². The Balaban J connectivity index is 1.95. The van der Waals surface area contributed by atoms with E-state index in [2.05, 4.69) is 45.1 Å². The van der Waals surface area contributed by atoms with E-state index in [1.54, 1.807) is 24.8 Å². The molecule has 2 aromatic heterocycles. The van der Waals surface area contributed by atoms with Crippen LogP contribution in [0.3, 0.4) is 0 Å². The first-order valence-electron chi connectivity index (χ1n) is 6.14. The van der Waals surface area contributed by atoms with Crippen molar-refractivity contribution < 1.29 is 4.74 Å². The van der Waals surface area contributed by atoms with Gasteiger partial charge < -0.3 is 9.30 Å². The van der Waals surface area contributed by atoms with E-state index >= 15 is 0 Å². The fourth-order valence-electron chi connectivity index (χ4n) is 1.79. The molecule has 0 bridgehead atoms. The quantitative estimate of drug-likeness (QED) is 0.695. The molecule has 0 amide bonds. The molecule has 110 valence electrons. The lowest BCUT2D eigenvalue weighted by Crippen LogP contribution is -2.22. The van der Waals surface area contributed by atoms with Crippen LogP contribution in [-0.2, 0) is 24.5 Å². The Labute approximate surface area is 135 Å². The summed E-state index contributed by atoms with van der Waals surface area (Å²) in [6, 6.07) is 4.20. The molecule has 0 aliphatic rings. The lowest BCUT2D eigenvalue weighted by Gasteiger charge is -2.15. The van der Waals surface area contributed by atoms with E-state index in [0.29, 0.717) is 13.3 Å². The maximum Gasteiger partial charge on any atom is 0.198 e. The van der Waals surface area contributed by atoms with Gasteiger partial charge in [-0.15, -0.1) is 11.3 Å². The van der Waals surface area contributed by atoms with Gasteiger partial charge in [0.15, 0.2) is 4.77 Å². The lowest BCUT2D eigenvalue weighted by molar-refractivity contribution is 0.186. The van der Waals surface area contributed by atoms with Gasteiger partial charge in [0.2, 0.25) is 0 Å². The van der Waals surface area contributed by atoms with Gasteiger partial charge in [0.1, 0.15) is 6.33 Å². The highest BCUT2D eigenvalue weighted by Crippen LogP contribution is 2.23. The molecule has 0 radical (unpaired) electrons. The number of thiophene rings is 1. The first kappa shape index (κ1) is 15.8. The fourth-order valence-corrected chi connectivity index (χ4v) is 3.60. The highest BCUT2D eigenvalue weighted by molar-refractivity contribution is 9.11. The number of hydrogen-bond donors (Lipinski definition) is 0. The van der Waals surface area contributed by atoms with Crippen LogP contribution in [0.5, 0.6) is 0 Å². The number of nitrogens with zero attached hydrogens (tertiary/aromatic N) is 4. The van der Waals surface area contributed by atoms with Crippen molar-refractivity contribution in [1.29, 1.82) is 0 Å². The molecule has 0 atom stereocenters. The Morgan fingerprint density at radius 2 is 2.30 bits per heavy atom. The fraction of sp³-hybridized carbons (Fsp3) is 0.500. The maximum absolute atomic E-state index is 5.40. The molecule has 0 saturated heterocycles. The molecule has 0 unspecified atom stereocenters. The van der Waals surface area contributed by atoms with Crippen LogP contribution >= 0.6 is 39.5 Å². The number of hydrogen-bond acceptors (Lipinski definition) is 5. The highest BCUT2D eigenvalue weighted by atomic mass is 79.9. The van der Waals surface area contributed by atoms with Crippen LogP contribution in [0.25, 0.3) is 0 Å². The summed E-state index contributed by atoms with van der Waals surface area (Å²) < 4.78 is 10.7. The molecule has 0 fully saturated rings. The smallest absolute Gasteiger partial charge is 0.198 e. The Kier molecular flexibility index (Phi) is 5.91. The summed E-state index contributed by atoms with van der Waals surface area (Å²) in [7, 11) is 3.74. The number of methoxy groups -OCH3 is 1. The van der Waals surface area contributed by atoms with Crippen LogP contribution < -0.4 is 0 Å². The Hall–Kier alpha value is -0.540. The topological polar surface area (TPSA) is 35.2 Å². The molecule has 2 heterocycles. The van der Waals surface area contributed by atoms with E-state index in [1.165, 1.54) is 4.88 Å². The second-order valence-corrected chi connectivity index (χ2v) is 7.37. The van der Waals surface area contributed by atoms with Gasteiger partial charge in [-0.1, -0.05) is 0 Å². The van der Waals surface area contributed by atoms with E-state index in [4.69, 9.17) is 17.0 Å². The van der Waals surface area contributed by atoms with Crippen molar-refractivity contribution in [3.05, 3.63) is 31.9 Å². The molecule has 2 rings (SSSR count). The number of rotatable bonds is 7. The van der Waals surface area contributed by atoms with Crippen molar-refractivity contribution >= 4 is 39.5 Å². The average molecular weight is 377 g/mol. The molecular weight excluding hydrogens is 360 g/mol. The van der Waals surface area contributed by atoms with E-state index in [9.17, 15) is 0 Å². The van der Waals surface area contributed by atoms with Crippen LogP contribution in [0, 0.1) is 4.77 Å². The summed E-state index contributed by atoms with van der Waals surface area (Å²) in [5, 5.41) is 4.33. The Bertz CT molecular complexity index is 607. The van der Waals surface area contributed by atoms with Gasteiger partial charge in [-0.3, -0.25) is 4.90 Å². The van der Waals surface area contributed by atoms with Crippen molar-refractivity contribution in [2.24, 2.45) is 0 Å². The standard InChI is InChI=1S/C12H17BrN4OS2/c1-15(7-10-3-4-11(13)20-10)9-17-12(19)16(8-14-17)5-6-18-2/h3-4,8H,5-7,9H2,1-2H3. The van der Waals surface area contributed by atoms with E-state index in [-0.39, 0.29) is 0 Å². The van der Waals surface area contributed by atoms with Crippen molar-refractivity contribution in [3.8, 4) is 0 Å². The predicted molar refractivity (Wildman–Crippen MR) is 86.4 cm³/mol. The largest absolute Gasteiger partial charge is 0.383 e. The van der Waals surface area contributed by atoms with E-state index in [0.717, 1.165) is 21.6 Å². The summed E-state index contributed by atoms with van der Waals surface area (Å²) in [4.78, 5) is 3.49. The van der Waals surface area contributed by atoms with Gasteiger partial charge in [0.25, 0.3) is 0 Å². The average Bonchev–Trinajstić information content (AvgIpc) is 2.95. The third-order valence-corrected chi connectivity index (χ3v) is 4.82. The molecule has 2 aromatic rings. The van der Waals surface area contributed by atoms with Crippen LogP contribution in [0.4, 0.5) is 0 Å². The minimum absolute atomic E-state index is 0.638. The van der Waals surface area contributed by atoms with Crippen LogP contribution in [0.2, 0.25) is 0 Å². The second-order valence-electron chi connectivity index (χ2n) is 4.46. The van der Waals surface area contributed by atoms with Crippen LogP contribution in [-0.4, -0.2) is 40.0 Å². The first-order valence-corrected chi connectivity index (χ1v) is 8.16.